The second-order valence-corrected chi connectivity index (χ2v) is 4.32. The van der Waals surface area contributed by atoms with Crippen LogP contribution in [0.5, 0.6) is 0 Å². The van der Waals surface area contributed by atoms with E-state index in [0.717, 1.165) is 0 Å². The molecule has 2 aliphatic rings. The lowest BCUT2D eigenvalue weighted by Crippen LogP contribution is -2.74. The van der Waals surface area contributed by atoms with Gasteiger partial charge in [0, 0.05) is 0 Å². The predicted molar refractivity (Wildman–Crippen MR) is 47.6 cm³/mol. The van der Waals surface area contributed by atoms with Gasteiger partial charge in [-0.05, 0) is 5.92 Å². The Labute approximate surface area is 86.2 Å². The summed E-state index contributed by atoms with van der Waals surface area (Å²) in [5, 5.41) is 21.6. The number of carbonyl (C=O) groups excluding carboxylic acids is 2. The summed E-state index contributed by atoms with van der Waals surface area (Å²) >= 11 is 0. The van der Waals surface area contributed by atoms with Crippen molar-refractivity contribution in [1.82, 2.24) is 5.32 Å². The van der Waals surface area contributed by atoms with Gasteiger partial charge in [-0.2, -0.15) is 0 Å². The first-order valence-electron chi connectivity index (χ1n) is 4.80. The van der Waals surface area contributed by atoms with Crippen LogP contribution in [0.15, 0.2) is 0 Å². The van der Waals surface area contributed by atoms with Crippen LogP contribution in [0.2, 0.25) is 0 Å². The Bertz CT molecular complexity index is 328. The molecule has 2 rings (SSSR count). The van der Waals surface area contributed by atoms with Crippen molar-refractivity contribution in [2.45, 2.75) is 37.7 Å². The minimum Gasteiger partial charge on any atom is -0.454 e. The number of fused-ring (bicyclic) bond motifs is 1. The van der Waals surface area contributed by atoms with Crippen LogP contribution in [-0.4, -0.2) is 45.9 Å². The first-order valence-corrected chi connectivity index (χ1v) is 4.80. The Morgan fingerprint density at radius 1 is 1.47 bits per heavy atom. The van der Waals surface area contributed by atoms with E-state index in [4.69, 9.17) is 0 Å². The van der Waals surface area contributed by atoms with Crippen LogP contribution in [-0.2, 0) is 14.3 Å². The fourth-order valence-electron chi connectivity index (χ4n) is 2.10. The lowest BCUT2D eigenvalue weighted by atomic mass is 9.78. The Morgan fingerprint density at radius 3 is 2.47 bits per heavy atom. The van der Waals surface area contributed by atoms with Crippen molar-refractivity contribution in [1.29, 1.82) is 0 Å². The normalized spacial score (nSPS) is 40.6. The molecule has 0 aromatic carbocycles. The third kappa shape index (κ3) is 1.06. The Kier molecular flexibility index (Phi) is 2.03. The smallest absolute Gasteiger partial charge is 0.339 e. The van der Waals surface area contributed by atoms with Gasteiger partial charge >= 0.3 is 5.97 Å². The third-order valence-electron chi connectivity index (χ3n) is 3.00. The summed E-state index contributed by atoms with van der Waals surface area (Å²) in [7, 11) is 0. The number of rotatable bonds is 2. The van der Waals surface area contributed by atoms with Gasteiger partial charge in [0.2, 0.25) is 5.54 Å². The molecule has 6 heteroatoms. The molecule has 1 unspecified atom stereocenters. The number of esters is 1. The number of nitrogens with one attached hydrogen (secondary N) is 1. The highest BCUT2D eigenvalue weighted by molar-refractivity contribution is 6.01. The number of carbonyl (C=O) groups is 2. The molecule has 2 fully saturated rings. The van der Waals surface area contributed by atoms with Crippen molar-refractivity contribution in [2.75, 3.05) is 0 Å². The van der Waals surface area contributed by atoms with E-state index < -0.39 is 35.7 Å². The van der Waals surface area contributed by atoms with Crippen molar-refractivity contribution >= 4 is 11.9 Å². The molecule has 0 aromatic heterocycles. The summed E-state index contributed by atoms with van der Waals surface area (Å²) in [4.78, 5) is 22.6. The van der Waals surface area contributed by atoms with Crippen LogP contribution < -0.4 is 5.32 Å². The molecular weight excluding hydrogens is 202 g/mol. The van der Waals surface area contributed by atoms with Crippen LogP contribution in [0.4, 0.5) is 0 Å². The summed E-state index contributed by atoms with van der Waals surface area (Å²) in [6.07, 6.45) is -3.39. The SMILES string of the molecule is CC(C)C(O)[C@@]12NC(=O)[C@H](O)[C@@H]1OC2=O. The van der Waals surface area contributed by atoms with E-state index in [1.54, 1.807) is 13.8 Å². The van der Waals surface area contributed by atoms with Gasteiger partial charge in [0.15, 0.2) is 12.2 Å². The average molecular weight is 215 g/mol. The summed E-state index contributed by atoms with van der Waals surface area (Å²) in [6.45, 7) is 3.44. The Hall–Kier alpha value is -1.14. The quantitative estimate of drug-likeness (QED) is 0.470. The molecule has 0 saturated carbocycles. The average Bonchev–Trinajstić information content (AvgIpc) is 2.37. The van der Waals surface area contributed by atoms with Gasteiger partial charge in [0.05, 0.1) is 6.10 Å². The highest BCUT2D eigenvalue weighted by atomic mass is 16.6. The molecule has 0 aromatic rings. The van der Waals surface area contributed by atoms with E-state index in [9.17, 15) is 19.8 Å². The van der Waals surface area contributed by atoms with Gasteiger partial charge in [0.25, 0.3) is 5.91 Å². The van der Waals surface area contributed by atoms with Crippen molar-refractivity contribution in [3.05, 3.63) is 0 Å². The molecule has 2 heterocycles. The highest BCUT2D eigenvalue weighted by Crippen LogP contribution is 2.39. The molecule has 1 amide bonds. The molecule has 3 N–H and O–H groups in total. The summed E-state index contributed by atoms with van der Waals surface area (Å²) in [6, 6.07) is 0. The number of amides is 1. The largest absolute Gasteiger partial charge is 0.454 e. The highest BCUT2D eigenvalue weighted by Gasteiger charge is 2.72. The molecule has 4 atom stereocenters. The number of hydrogen-bond acceptors (Lipinski definition) is 5. The van der Waals surface area contributed by atoms with E-state index in [-0.39, 0.29) is 5.92 Å². The first-order chi connectivity index (χ1) is 6.91. The zero-order valence-electron chi connectivity index (χ0n) is 8.43. The van der Waals surface area contributed by atoms with Crippen molar-refractivity contribution in [2.24, 2.45) is 5.92 Å². The van der Waals surface area contributed by atoms with Crippen LogP contribution >= 0.6 is 0 Å². The molecule has 2 aliphatic heterocycles. The second kappa shape index (κ2) is 2.93. The van der Waals surface area contributed by atoms with Gasteiger partial charge in [-0.3, -0.25) is 4.79 Å². The first kappa shape index (κ1) is 10.4. The number of ether oxygens (including phenoxy) is 1. The number of hydrogen-bond donors (Lipinski definition) is 3. The third-order valence-corrected chi connectivity index (χ3v) is 3.00. The maximum atomic E-state index is 11.4. The van der Waals surface area contributed by atoms with Gasteiger partial charge < -0.3 is 20.3 Å². The van der Waals surface area contributed by atoms with E-state index in [0.29, 0.717) is 0 Å². The standard InChI is InChI=1S/C9H13NO5/c1-3(2)5(12)9-6(15-8(9)14)4(11)7(13)10-9/h3-6,11-12H,1-2H3,(H,10,13)/t4-,5?,6+,9-/m1/s1. The molecule has 0 spiro atoms. The van der Waals surface area contributed by atoms with Crippen LogP contribution in [0.25, 0.3) is 0 Å². The molecular formula is C9H13NO5. The minimum atomic E-state index is -1.44. The van der Waals surface area contributed by atoms with E-state index >= 15 is 0 Å². The van der Waals surface area contributed by atoms with Gasteiger partial charge in [-0.15, -0.1) is 0 Å². The molecule has 0 aliphatic carbocycles. The van der Waals surface area contributed by atoms with E-state index in [1.807, 2.05) is 0 Å². The predicted octanol–water partition coefficient (Wildman–Crippen LogP) is -1.84. The van der Waals surface area contributed by atoms with Crippen molar-refractivity contribution in [3.63, 3.8) is 0 Å². The zero-order valence-corrected chi connectivity index (χ0v) is 8.43. The van der Waals surface area contributed by atoms with Gasteiger partial charge in [-0.25, -0.2) is 4.79 Å². The minimum absolute atomic E-state index is 0.217. The Balaban J connectivity index is 2.33. The van der Waals surface area contributed by atoms with Crippen LogP contribution in [0.3, 0.4) is 0 Å². The Morgan fingerprint density at radius 2 is 2.07 bits per heavy atom. The summed E-state index contributed by atoms with van der Waals surface area (Å²) in [5.74, 6) is -1.57. The van der Waals surface area contributed by atoms with Crippen molar-refractivity contribution < 1.29 is 24.5 Å². The number of aliphatic hydroxyl groups is 2. The zero-order chi connectivity index (χ0) is 11.4. The molecule has 6 nitrogen and oxygen atoms in total. The fourth-order valence-corrected chi connectivity index (χ4v) is 2.10. The maximum absolute atomic E-state index is 11.4. The molecule has 15 heavy (non-hydrogen) atoms. The monoisotopic (exact) mass is 215 g/mol. The fraction of sp³-hybridized carbons (Fsp3) is 0.778. The maximum Gasteiger partial charge on any atom is 0.339 e. The summed E-state index contributed by atoms with van der Waals surface area (Å²) < 4.78 is 4.69. The molecule has 2 saturated heterocycles. The van der Waals surface area contributed by atoms with E-state index in [2.05, 4.69) is 10.1 Å². The lowest BCUT2D eigenvalue weighted by Gasteiger charge is -2.45. The second-order valence-electron chi connectivity index (χ2n) is 4.32. The number of aliphatic hydroxyl groups excluding tert-OH is 2. The van der Waals surface area contributed by atoms with E-state index in [1.165, 1.54) is 0 Å². The van der Waals surface area contributed by atoms with Gasteiger partial charge in [0.1, 0.15) is 0 Å². The molecule has 0 radical (unpaired) electrons. The van der Waals surface area contributed by atoms with Crippen LogP contribution in [0.1, 0.15) is 13.8 Å². The topological polar surface area (TPSA) is 95.9 Å². The summed E-state index contributed by atoms with van der Waals surface area (Å²) in [5.41, 5.74) is -1.44. The molecule has 84 valence electrons. The van der Waals surface area contributed by atoms with Crippen LogP contribution in [0, 0.1) is 5.92 Å². The van der Waals surface area contributed by atoms with Gasteiger partial charge in [-0.1, -0.05) is 13.8 Å². The lowest BCUT2D eigenvalue weighted by molar-refractivity contribution is -0.211. The van der Waals surface area contributed by atoms with Crippen molar-refractivity contribution in [3.8, 4) is 0 Å². The molecule has 0 bridgehead atoms.